The summed E-state index contributed by atoms with van der Waals surface area (Å²) in [5.41, 5.74) is 4.46. The van der Waals surface area contributed by atoms with Gasteiger partial charge in [-0.2, -0.15) is 0 Å². The molecule has 198 valence electrons. The normalized spacial score (nSPS) is 18.4. The van der Waals surface area contributed by atoms with Gasteiger partial charge in [-0.25, -0.2) is 0 Å². The summed E-state index contributed by atoms with van der Waals surface area (Å²) in [6.45, 7) is 4.70. The summed E-state index contributed by atoms with van der Waals surface area (Å²) in [5, 5.41) is 15.0. The van der Waals surface area contributed by atoms with Gasteiger partial charge in [0.25, 0.3) is 0 Å². The zero-order valence-electron chi connectivity index (χ0n) is 22.4. The van der Waals surface area contributed by atoms with Gasteiger partial charge < -0.3 is 20.9 Å². The second kappa shape index (κ2) is 12.5. The Bertz CT molecular complexity index is 1110. The summed E-state index contributed by atoms with van der Waals surface area (Å²) in [4.78, 5) is 33.4. The van der Waals surface area contributed by atoms with Crippen LogP contribution in [0.2, 0.25) is 0 Å². The van der Waals surface area contributed by atoms with Crippen molar-refractivity contribution in [1.29, 1.82) is 5.41 Å². The number of nitrogens with zero attached hydrogens (tertiary/aromatic N) is 2. The Morgan fingerprint density at radius 2 is 1.89 bits per heavy atom. The number of hydrogen-bond donors (Lipinski definition) is 3. The number of fused-ring (bicyclic) bond motifs is 1. The minimum Gasteiger partial charge on any atom is -0.344 e. The Balaban J connectivity index is 1.59. The summed E-state index contributed by atoms with van der Waals surface area (Å²) >= 11 is 0. The number of aryl methyl sites for hydroxylation is 1. The first-order valence-electron chi connectivity index (χ1n) is 13.8. The third kappa shape index (κ3) is 6.09. The van der Waals surface area contributed by atoms with Crippen LogP contribution in [0.5, 0.6) is 0 Å². The van der Waals surface area contributed by atoms with Crippen molar-refractivity contribution in [3.63, 3.8) is 0 Å². The largest absolute Gasteiger partial charge is 0.344 e. The standard InChI is InChI=1S/C30H41N5O2/c1-4-25(23-17-24(19-33-18-23)35-16-10-14-21-11-8-9-15-26(21)35)27(31)29(36)28(22-12-6-5-7-13-22)34-30(37)20(2)32-3/h8-9,11,15,17-20,22,25,28,31-32H,4-7,10,12-14,16H2,1-3H3,(H,34,37)/t20-,25-,28-/m0/s1. The van der Waals surface area contributed by atoms with Gasteiger partial charge in [0.1, 0.15) is 0 Å². The Morgan fingerprint density at radius 3 is 2.62 bits per heavy atom. The first-order valence-corrected chi connectivity index (χ1v) is 13.8. The minimum atomic E-state index is -0.657. The first-order chi connectivity index (χ1) is 17.9. The summed E-state index contributed by atoms with van der Waals surface area (Å²) < 4.78 is 0. The third-order valence-electron chi connectivity index (χ3n) is 8.12. The van der Waals surface area contributed by atoms with Gasteiger partial charge in [0.05, 0.1) is 29.7 Å². The molecule has 7 nitrogen and oxygen atoms in total. The van der Waals surface area contributed by atoms with Crippen molar-refractivity contribution in [3.8, 4) is 0 Å². The van der Waals surface area contributed by atoms with Crippen LogP contribution >= 0.6 is 0 Å². The highest BCUT2D eigenvalue weighted by atomic mass is 16.2. The lowest BCUT2D eigenvalue weighted by molar-refractivity contribution is -0.127. The molecule has 2 aliphatic rings. The molecule has 1 aromatic heterocycles. The smallest absolute Gasteiger partial charge is 0.237 e. The molecule has 4 rings (SSSR count). The van der Waals surface area contributed by atoms with Crippen LogP contribution in [0.25, 0.3) is 0 Å². The number of benzene rings is 1. The van der Waals surface area contributed by atoms with Crippen molar-refractivity contribution in [3.05, 3.63) is 53.9 Å². The molecule has 1 amide bonds. The molecule has 2 heterocycles. The molecule has 1 aliphatic heterocycles. The van der Waals surface area contributed by atoms with Crippen molar-refractivity contribution in [2.24, 2.45) is 5.92 Å². The molecular formula is C30H41N5O2. The van der Waals surface area contributed by atoms with Crippen LogP contribution < -0.4 is 15.5 Å². The SMILES string of the molecule is CC[C@H](C(=N)C(=O)[C@@H](NC(=O)[C@H](C)NC)C1CCCCC1)c1cncc(N2CCCc3ccccc32)c1. The van der Waals surface area contributed by atoms with Crippen LogP contribution in [0.4, 0.5) is 11.4 Å². The molecule has 1 aromatic carbocycles. The number of carbonyl (C=O) groups excluding carboxylic acids is 2. The van der Waals surface area contributed by atoms with Gasteiger partial charge in [0, 0.05) is 24.3 Å². The van der Waals surface area contributed by atoms with Crippen molar-refractivity contribution in [1.82, 2.24) is 15.6 Å². The quantitative estimate of drug-likeness (QED) is 0.400. The van der Waals surface area contributed by atoms with Crippen LogP contribution in [0.3, 0.4) is 0 Å². The maximum Gasteiger partial charge on any atom is 0.237 e. The van der Waals surface area contributed by atoms with E-state index < -0.39 is 12.1 Å². The van der Waals surface area contributed by atoms with Gasteiger partial charge in [-0.15, -0.1) is 0 Å². The van der Waals surface area contributed by atoms with E-state index in [4.69, 9.17) is 5.41 Å². The Morgan fingerprint density at radius 1 is 1.14 bits per heavy atom. The average molecular weight is 504 g/mol. The number of likely N-dealkylation sites (N-methyl/N-ethyl adjacent to an activating group) is 1. The Labute approximate surface area is 220 Å². The minimum absolute atomic E-state index is 0.0634. The molecule has 0 unspecified atom stereocenters. The van der Waals surface area contributed by atoms with Crippen LogP contribution in [-0.4, -0.2) is 48.1 Å². The molecule has 7 heteroatoms. The lowest BCUT2D eigenvalue weighted by Gasteiger charge is -2.32. The number of para-hydroxylation sites is 1. The first kappa shape index (κ1) is 27.0. The van der Waals surface area contributed by atoms with E-state index in [0.717, 1.165) is 62.7 Å². The molecule has 3 N–H and O–H groups in total. The fourth-order valence-electron chi connectivity index (χ4n) is 5.81. The van der Waals surface area contributed by atoms with E-state index in [1.807, 2.05) is 13.1 Å². The van der Waals surface area contributed by atoms with Gasteiger partial charge in [-0.1, -0.05) is 44.4 Å². The van der Waals surface area contributed by atoms with Crippen molar-refractivity contribution in [2.75, 3.05) is 18.5 Å². The van der Waals surface area contributed by atoms with Gasteiger partial charge in [0.15, 0.2) is 5.78 Å². The highest BCUT2D eigenvalue weighted by Crippen LogP contribution is 2.35. The molecule has 1 fully saturated rings. The predicted molar refractivity (Wildman–Crippen MR) is 149 cm³/mol. The van der Waals surface area contributed by atoms with E-state index in [1.165, 1.54) is 11.3 Å². The van der Waals surface area contributed by atoms with Crippen LogP contribution in [0, 0.1) is 11.3 Å². The number of aromatic nitrogens is 1. The fraction of sp³-hybridized carbons (Fsp3) is 0.533. The summed E-state index contributed by atoms with van der Waals surface area (Å²) in [6, 6.07) is 9.49. The molecule has 1 saturated carbocycles. The molecule has 3 atom stereocenters. The number of Topliss-reactive ketones (excluding diaryl/α,β-unsaturated/α-hetero) is 1. The molecule has 0 saturated heterocycles. The zero-order valence-corrected chi connectivity index (χ0v) is 22.4. The van der Waals surface area contributed by atoms with E-state index in [1.54, 1.807) is 20.2 Å². The Kier molecular flexibility index (Phi) is 9.09. The van der Waals surface area contributed by atoms with Crippen LogP contribution in [0.15, 0.2) is 42.7 Å². The highest BCUT2D eigenvalue weighted by Gasteiger charge is 2.36. The van der Waals surface area contributed by atoms with Gasteiger partial charge >= 0.3 is 0 Å². The topological polar surface area (TPSA) is 98.2 Å². The summed E-state index contributed by atoms with van der Waals surface area (Å²) in [5.74, 6) is -0.755. The van der Waals surface area contributed by atoms with Gasteiger partial charge in [0.2, 0.25) is 5.91 Å². The van der Waals surface area contributed by atoms with Gasteiger partial charge in [-0.3, -0.25) is 14.6 Å². The molecule has 0 bridgehead atoms. The molecule has 37 heavy (non-hydrogen) atoms. The second-order valence-electron chi connectivity index (χ2n) is 10.5. The molecule has 2 aromatic rings. The number of nitrogens with one attached hydrogen (secondary N) is 3. The van der Waals surface area contributed by atoms with Crippen molar-refractivity contribution in [2.45, 2.75) is 83.2 Å². The number of carbonyl (C=O) groups is 2. The van der Waals surface area contributed by atoms with Crippen molar-refractivity contribution >= 4 is 28.8 Å². The molecule has 0 spiro atoms. The van der Waals surface area contributed by atoms with E-state index in [-0.39, 0.29) is 29.2 Å². The molecular weight excluding hydrogens is 462 g/mol. The van der Waals surface area contributed by atoms with E-state index in [0.29, 0.717) is 6.42 Å². The predicted octanol–water partition coefficient (Wildman–Crippen LogP) is 4.92. The molecule has 0 radical (unpaired) electrons. The lowest BCUT2D eigenvalue weighted by atomic mass is 9.78. The zero-order chi connectivity index (χ0) is 26.4. The second-order valence-corrected chi connectivity index (χ2v) is 10.5. The van der Waals surface area contributed by atoms with Gasteiger partial charge in [-0.05, 0) is 75.3 Å². The number of anilines is 2. The monoisotopic (exact) mass is 503 g/mol. The number of ketones is 1. The Hall–Kier alpha value is -3.06. The fourth-order valence-corrected chi connectivity index (χ4v) is 5.81. The molecule has 1 aliphatic carbocycles. The maximum atomic E-state index is 13.8. The number of rotatable bonds is 10. The van der Waals surface area contributed by atoms with Crippen molar-refractivity contribution < 1.29 is 9.59 Å². The summed E-state index contributed by atoms with van der Waals surface area (Å²) in [6.07, 6.45) is 11.5. The maximum absolute atomic E-state index is 13.8. The number of hydrogen-bond acceptors (Lipinski definition) is 6. The van der Waals surface area contributed by atoms with E-state index >= 15 is 0 Å². The van der Waals surface area contributed by atoms with Crippen LogP contribution in [0.1, 0.15) is 75.8 Å². The van der Waals surface area contributed by atoms with E-state index in [9.17, 15) is 9.59 Å². The summed E-state index contributed by atoms with van der Waals surface area (Å²) in [7, 11) is 1.73. The average Bonchev–Trinajstić information content (AvgIpc) is 2.95. The highest BCUT2D eigenvalue weighted by molar-refractivity contribution is 6.42. The van der Waals surface area contributed by atoms with Crippen LogP contribution in [-0.2, 0) is 16.0 Å². The third-order valence-corrected chi connectivity index (χ3v) is 8.12. The lowest BCUT2D eigenvalue weighted by Crippen LogP contribution is -2.53. The number of amides is 1. The van der Waals surface area contributed by atoms with E-state index in [2.05, 4.69) is 50.8 Å². The number of pyridine rings is 1.